The number of hydrogen-bond donors (Lipinski definition) is 3. The van der Waals surface area contributed by atoms with Crippen molar-refractivity contribution in [2.45, 2.75) is 52.1 Å². The van der Waals surface area contributed by atoms with Gasteiger partial charge in [0.2, 0.25) is 5.91 Å². The number of aliphatic hydroxyl groups excluding tert-OH is 1. The van der Waals surface area contributed by atoms with Crippen molar-refractivity contribution in [1.29, 1.82) is 0 Å². The SMILES string of the molecule is CCC(CC)C(O)CNC(=O)CC1CCNCC1.Cl. The minimum atomic E-state index is -0.406. The molecular formula is C14H29ClN2O2. The van der Waals surface area contributed by atoms with Gasteiger partial charge in [0.15, 0.2) is 0 Å². The van der Waals surface area contributed by atoms with Gasteiger partial charge < -0.3 is 15.7 Å². The second kappa shape index (κ2) is 10.5. The zero-order chi connectivity index (χ0) is 13.4. The Morgan fingerprint density at radius 2 is 1.89 bits per heavy atom. The molecule has 5 heteroatoms. The first-order valence-electron chi connectivity index (χ1n) is 7.32. The third-order valence-corrected chi connectivity index (χ3v) is 4.03. The Bertz CT molecular complexity index is 242. The van der Waals surface area contributed by atoms with Crippen molar-refractivity contribution in [2.24, 2.45) is 11.8 Å². The molecule has 1 saturated heterocycles. The average molecular weight is 293 g/mol. The van der Waals surface area contributed by atoms with Crippen LogP contribution in [0.3, 0.4) is 0 Å². The highest BCUT2D eigenvalue weighted by atomic mass is 35.5. The fourth-order valence-corrected chi connectivity index (χ4v) is 2.64. The molecule has 0 spiro atoms. The number of amides is 1. The van der Waals surface area contributed by atoms with Gasteiger partial charge in [-0.3, -0.25) is 4.79 Å². The minimum absolute atomic E-state index is 0. The maximum Gasteiger partial charge on any atom is 0.220 e. The molecule has 1 aliphatic heterocycles. The summed E-state index contributed by atoms with van der Waals surface area (Å²) in [4.78, 5) is 11.8. The highest BCUT2D eigenvalue weighted by Crippen LogP contribution is 2.16. The Morgan fingerprint density at radius 3 is 2.42 bits per heavy atom. The van der Waals surface area contributed by atoms with Crippen molar-refractivity contribution < 1.29 is 9.90 Å². The number of hydrogen-bond acceptors (Lipinski definition) is 3. The normalized spacial score (nSPS) is 17.9. The lowest BCUT2D eigenvalue weighted by atomic mass is 9.94. The number of halogens is 1. The molecule has 1 heterocycles. The van der Waals surface area contributed by atoms with Crippen LogP contribution in [0.15, 0.2) is 0 Å². The van der Waals surface area contributed by atoms with E-state index in [2.05, 4.69) is 24.5 Å². The Labute approximate surface area is 123 Å². The Balaban J connectivity index is 0.00000324. The van der Waals surface area contributed by atoms with Gasteiger partial charge in [-0.25, -0.2) is 0 Å². The molecule has 0 aromatic carbocycles. The first kappa shape index (κ1) is 18.7. The number of carbonyl (C=O) groups excluding carboxylic acids is 1. The summed E-state index contributed by atoms with van der Waals surface area (Å²) in [7, 11) is 0. The van der Waals surface area contributed by atoms with Gasteiger partial charge in [0.05, 0.1) is 6.10 Å². The van der Waals surface area contributed by atoms with E-state index in [0.29, 0.717) is 24.8 Å². The van der Waals surface area contributed by atoms with E-state index in [1.54, 1.807) is 0 Å². The predicted octanol–water partition coefficient (Wildman–Crippen LogP) is 1.71. The molecule has 4 nitrogen and oxygen atoms in total. The van der Waals surface area contributed by atoms with E-state index in [-0.39, 0.29) is 18.3 Å². The van der Waals surface area contributed by atoms with Crippen LogP contribution in [0.25, 0.3) is 0 Å². The summed E-state index contributed by atoms with van der Waals surface area (Å²) in [6.45, 7) is 6.60. The van der Waals surface area contributed by atoms with E-state index >= 15 is 0 Å². The quantitative estimate of drug-likeness (QED) is 0.669. The Kier molecular flexibility index (Phi) is 10.3. The molecule has 1 fully saturated rings. The topological polar surface area (TPSA) is 61.4 Å². The van der Waals surface area contributed by atoms with Crippen LogP contribution in [-0.2, 0) is 4.79 Å². The molecule has 0 aromatic rings. The van der Waals surface area contributed by atoms with Crippen LogP contribution in [0.5, 0.6) is 0 Å². The molecule has 1 rings (SSSR count). The number of carbonyl (C=O) groups is 1. The van der Waals surface area contributed by atoms with Gasteiger partial charge in [0.25, 0.3) is 0 Å². The third kappa shape index (κ3) is 7.14. The lowest BCUT2D eigenvalue weighted by Gasteiger charge is -2.23. The number of rotatable bonds is 7. The summed E-state index contributed by atoms with van der Waals surface area (Å²) in [5.41, 5.74) is 0. The molecule has 19 heavy (non-hydrogen) atoms. The van der Waals surface area contributed by atoms with E-state index in [4.69, 9.17) is 0 Å². The molecule has 114 valence electrons. The van der Waals surface area contributed by atoms with Gasteiger partial charge in [-0.05, 0) is 37.8 Å². The largest absolute Gasteiger partial charge is 0.391 e. The molecule has 0 radical (unpaired) electrons. The van der Waals surface area contributed by atoms with Crippen molar-refractivity contribution in [3.63, 3.8) is 0 Å². The van der Waals surface area contributed by atoms with Gasteiger partial charge in [0, 0.05) is 13.0 Å². The number of aliphatic hydroxyl groups is 1. The fourth-order valence-electron chi connectivity index (χ4n) is 2.64. The summed E-state index contributed by atoms with van der Waals surface area (Å²) in [6, 6.07) is 0. The van der Waals surface area contributed by atoms with Gasteiger partial charge in [-0.1, -0.05) is 26.7 Å². The summed E-state index contributed by atoms with van der Waals surface area (Å²) < 4.78 is 0. The Hall–Kier alpha value is -0.320. The lowest BCUT2D eigenvalue weighted by molar-refractivity contribution is -0.122. The van der Waals surface area contributed by atoms with Crippen molar-refractivity contribution >= 4 is 18.3 Å². The average Bonchev–Trinajstić information content (AvgIpc) is 2.39. The summed E-state index contributed by atoms with van der Waals surface area (Å²) >= 11 is 0. The molecule has 3 N–H and O–H groups in total. The molecule has 0 bridgehead atoms. The van der Waals surface area contributed by atoms with Crippen molar-refractivity contribution in [1.82, 2.24) is 10.6 Å². The van der Waals surface area contributed by atoms with Crippen LogP contribution >= 0.6 is 12.4 Å². The number of piperidine rings is 1. The van der Waals surface area contributed by atoms with E-state index in [1.165, 1.54) is 0 Å². The Morgan fingerprint density at radius 1 is 1.32 bits per heavy atom. The van der Waals surface area contributed by atoms with Gasteiger partial charge in [-0.15, -0.1) is 12.4 Å². The summed E-state index contributed by atoms with van der Waals surface area (Å²) in [5.74, 6) is 0.896. The molecule has 0 aliphatic carbocycles. The van der Waals surface area contributed by atoms with Crippen LogP contribution in [0.2, 0.25) is 0 Å². The highest BCUT2D eigenvalue weighted by molar-refractivity contribution is 5.85. The standard InChI is InChI=1S/C14H28N2O2.ClH/c1-3-12(4-2)13(17)10-16-14(18)9-11-5-7-15-8-6-11;/h11-13,15,17H,3-10H2,1-2H3,(H,16,18);1H. The van der Waals surface area contributed by atoms with Gasteiger partial charge in [0.1, 0.15) is 0 Å². The van der Waals surface area contributed by atoms with Crippen molar-refractivity contribution in [3.8, 4) is 0 Å². The zero-order valence-electron chi connectivity index (χ0n) is 12.2. The molecule has 1 aliphatic rings. The fraction of sp³-hybridized carbons (Fsp3) is 0.929. The van der Waals surface area contributed by atoms with Gasteiger partial charge >= 0.3 is 0 Å². The highest BCUT2D eigenvalue weighted by Gasteiger charge is 2.19. The molecule has 0 saturated carbocycles. The van der Waals surface area contributed by atoms with Crippen LogP contribution in [0, 0.1) is 11.8 Å². The smallest absolute Gasteiger partial charge is 0.220 e. The first-order valence-corrected chi connectivity index (χ1v) is 7.32. The maximum absolute atomic E-state index is 11.8. The second-order valence-corrected chi connectivity index (χ2v) is 5.35. The van der Waals surface area contributed by atoms with E-state index < -0.39 is 6.10 Å². The van der Waals surface area contributed by atoms with Crippen LogP contribution in [0.4, 0.5) is 0 Å². The van der Waals surface area contributed by atoms with Crippen molar-refractivity contribution in [3.05, 3.63) is 0 Å². The van der Waals surface area contributed by atoms with E-state index in [0.717, 1.165) is 38.8 Å². The maximum atomic E-state index is 11.8. The molecule has 1 amide bonds. The molecule has 0 aromatic heterocycles. The van der Waals surface area contributed by atoms with Gasteiger partial charge in [-0.2, -0.15) is 0 Å². The third-order valence-electron chi connectivity index (χ3n) is 4.03. The molecule has 1 atom stereocenters. The summed E-state index contributed by atoms with van der Waals surface area (Å²) in [6.07, 6.45) is 4.29. The summed E-state index contributed by atoms with van der Waals surface area (Å²) in [5, 5.41) is 16.1. The molecule has 1 unspecified atom stereocenters. The first-order chi connectivity index (χ1) is 8.67. The van der Waals surface area contributed by atoms with Crippen LogP contribution in [-0.4, -0.2) is 36.8 Å². The zero-order valence-corrected chi connectivity index (χ0v) is 13.0. The van der Waals surface area contributed by atoms with Crippen LogP contribution in [0.1, 0.15) is 46.0 Å². The van der Waals surface area contributed by atoms with Crippen molar-refractivity contribution in [2.75, 3.05) is 19.6 Å². The van der Waals surface area contributed by atoms with E-state index in [9.17, 15) is 9.90 Å². The van der Waals surface area contributed by atoms with E-state index in [1.807, 2.05) is 0 Å². The lowest BCUT2D eigenvalue weighted by Crippen LogP contribution is -2.38. The molecular weight excluding hydrogens is 264 g/mol. The predicted molar refractivity (Wildman–Crippen MR) is 80.5 cm³/mol. The minimum Gasteiger partial charge on any atom is -0.391 e. The van der Waals surface area contributed by atoms with Crippen LogP contribution < -0.4 is 10.6 Å². The number of nitrogens with one attached hydrogen (secondary N) is 2. The second-order valence-electron chi connectivity index (χ2n) is 5.35. The monoisotopic (exact) mass is 292 g/mol.